The van der Waals surface area contributed by atoms with Crippen LogP contribution in [-0.2, 0) is 6.42 Å². The quantitative estimate of drug-likeness (QED) is 0.839. The molecule has 1 aliphatic heterocycles. The molecule has 100 valence electrons. The maximum atomic E-state index is 13.8. The standard InChI is InChI=1S/C13H16BrF2NO/c14-10-1-2-11(15)9(13(10)16)7-12(18)8-3-5-17-6-4-8/h1-2,8,12,17-18H,3-7H2. The van der Waals surface area contributed by atoms with E-state index in [0.29, 0.717) is 0 Å². The van der Waals surface area contributed by atoms with Crippen LogP contribution >= 0.6 is 15.9 Å². The Hall–Kier alpha value is -0.520. The Morgan fingerprint density at radius 2 is 2.00 bits per heavy atom. The first-order chi connectivity index (χ1) is 8.59. The number of benzene rings is 1. The average Bonchev–Trinajstić information content (AvgIpc) is 2.40. The number of halogens is 3. The van der Waals surface area contributed by atoms with E-state index in [1.165, 1.54) is 12.1 Å². The van der Waals surface area contributed by atoms with Crippen molar-refractivity contribution in [3.8, 4) is 0 Å². The molecule has 1 fully saturated rings. The van der Waals surface area contributed by atoms with E-state index in [1.807, 2.05) is 0 Å². The molecule has 5 heteroatoms. The monoisotopic (exact) mass is 319 g/mol. The number of aliphatic hydroxyl groups excluding tert-OH is 1. The maximum Gasteiger partial charge on any atom is 0.143 e. The maximum absolute atomic E-state index is 13.8. The molecule has 1 aliphatic rings. The summed E-state index contributed by atoms with van der Waals surface area (Å²) in [5.41, 5.74) is -0.0320. The first-order valence-electron chi connectivity index (χ1n) is 6.10. The number of aliphatic hydroxyl groups is 1. The van der Waals surface area contributed by atoms with Gasteiger partial charge in [-0.15, -0.1) is 0 Å². The van der Waals surface area contributed by atoms with E-state index >= 15 is 0 Å². The minimum absolute atomic E-state index is 0.0295. The van der Waals surface area contributed by atoms with Gasteiger partial charge in [0.05, 0.1) is 10.6 Å². The third-order valence-corrected chi connectivity index (χ3v) is 4.09. The Balaban J connectivity index is 2.10. The lowest BCUT2D eigenvalue weighted by Gasteiger charge is -2.27. The normalized spacial score (nSPS) is 18.9. The lowest BCUT2D eigenvalue weighted by atomic mass is 9.88. The SMILES string of the molecule is OC(Cc1c(F)ccc(Br)c1F)C1CCNCC1. The summed E-state index contributed by atoms with van der Waals surface area (Å²) in [6.07, 6.45) is 1.03. The van der Waals surface area contributed by atoms with Crippen LogP contribution in [0.2, 0.25) is 0 Å². The van der Waals surface area contributed by atoms with E-state index in [2.05, 4.69) is 21.2 Å². The van der Waals surface area contributed by atoms with Gasteiger partial charge in [-0.3, -0.25) is 0 Å². The molecular formula is C13H16BrF2NO. The first-order valence-corrected chi connectivity index (χ1v) is 6.90. The second-order valence-corrected chi connectivity index (χ2v) is 5.53. The zero-order valence-electron chi connectivity index (χ0n) is 9.93. The fraction of sp³-hybridized carbons (Fsp3) is 0.538. The van der Waals surface area contributed by atoms with Crippen molar-refractivity contribution in [3.05, 3.63) is 33.8 Å². The molecule has 0 radical (unpaired) electrons. The van der Waals surface area contributed by atoms with Gasteiger partial charge in [-0.1, -0.05) is 0 Å². The van der Waals surface area contributed by atoms with E-state index in [-0.39, 0.29) is 22.4 Å². The van der Waals surface area contributed by atoms with Gasteiger partial charge in [0.2, 0.25) is 0 Å². The van der Waals surface area contributed by atoms with Crippen molar-refractivity contribution in [2.75, 3.05) is 13.1 Å². The van der Waals surface area contributed by atoms with Crippen molar-refractivity contribution in [1.29, 1.82) is 0 Å². The van der Waals surface area contributed by atoms with Gasteiger partial charge in [-0.2, -0.15) is 0 Å². The molecule has 1 saturated heterocycles. The smallest absolute Gasteiger partial charge is 0.143 e. The molecule has 2 N–H and O–H groups in total. The summed E-state index contributed by atoms with van der Waals surface area (Å²) in [6.45, 7) is 1.70. The van der Waals surface area contributed by atoms with Crippen molar-refractivity contribution in [2.45, 2.75) is 25.4 Å². The Labute approximate surface area is 114 Å². The highest BCUT2D eigenvalue weighted by molar-refractivity contribution is 9.10. The highest BCUT2D eigenvalue weighted by atomic mass is 79.9. The van der Waals surface area contributed by atoms with E-state index in [0.717, 1.165) is 25.9 Å². The van der Waals surface area contributed by atoms with Gasteiger partial charge in [0.15, 0.2) is 0 Å². The summed E-state index contributed by atoms with van der Waals surface area (Å²) in [7, 11) is 0. The number of piperidine rings is 1. The predicted molar refractivity (Wildman–Crippen MR) is 69.4 cm³/mol. The van der Waals surface area contributed by atoms with Crippen molar-refractivity contribution in [3.63, 3.8) is 0 Å². The van der Waals surface area contributed by atoms with Crippen LogP contribution in [0.4, 0.5) is 8.78 Å². The van der Waals surface area contributed by atoms with Crippen LogP contribution in [0.5, 0.6) is 0 Å². The first kappa shape index (κ1) is 13.9. The third kappa shape index (κ3) is 3.08. The highest BCUT2D eigenvalue weighted by Gasteiger charge is 2.24. The molecule has 1 aromatic carbocycles. The second-order valence-electron chi connectivity index (χ2n) is 4.68. The van der Waals surface area contributed by atoms with Crippen molar-refractivity contribution < 1.29 is 13.9 Å². The molecule has 1 aromatic rings. The lowest BCUT2D eigenvalue weighted by Crippen LogP contribution is -2.35. The van der Waals surface area contributed by atoms with Gasteiger partial charge in [0.1, 0.15) is 11.6 Å². The zero-order chi connectivity index (χ0) is 13.1. The van der Waals surface area contributed by atoms with Gasteiger partial charge < -0.3 is 10.4 Å². The summed E-state index contributed by atoms with van der Waals surface area (Å²) in [5, 5.41) is 13.3. The fourth-order valence-corrected chi connectivity index (χ4v) is 2.73. The predicted octanol–water partition coefficient (Wildman–Crippen LogP) is 2.63. The lowest BCUT2D eigenvalue weighted by molar-refractivity contribution is 0.0874. The molecule has 1 atom stereocenters. The molecular weight excluding hydrogens is 304 g/mol. The average molecular weight is 320 g/mol. The molecule has 1 unspecified atom stereocenters. The molecule has 0 spiro atoms. The van der Waals surface area contributed by atoms with Crippen LogP contribution in [0.15, 0.2) is 16.6 Å². The fourth-order valence-electron chi connectivity index (χ4n) is 2.36. The molecule has 2 rings (SSSR count). The molecule has 0 bridgehead atoms. The summed E-state index contributed by atoms with van der Waals surface area (Å²) in [6, 6.07) is 2.56. The van der Waals surface area contributed by atoms with Crippen LogP contribution in [0.3, 0.4) is 0 Å². The van der Waals surface area contributed by atoms with Gasteiger partial charge in [0.25, 0.3) is 0 Å². The summed E-state index contributed by atoms with van der Waals surface area (Å²) in [5.74, 6) is -1.09. The molecule has 0 aliphatic carbocycles. The second kappa shape index (κ2) is 6.08. The Bertz CT molecular complexity index is 422. The van der Waals surface area contributed by atoms with Crippen molar-refractivity contribution >= 4 is 15.9 Å². The summed E-state index contributed by atoms with van der Waals surface area (Å²) >= 11 is 3.03. The summed E-state index contributed by atoms with van der Waals surface area (Å²) < 4.78 is 27.6. The molecule has 1 heterocycles. The van der Waals surface area contributed by atoms with Crippen LogP contribution < -0.4 is 5.32 Å². The van der Waals surface area contributed by atoms with Gasteiger partial charge in [-0.05, 0) is 59.9 Å². The molecule has 0 aromatic heterocycles. The molecule has 2 nitrogen and oxygen atoms in total. The number of hydrogen-bond acceptors (Lipinski definition) is 2. The highest BCUT2D eigenvalue weighted by Crippen LogP contribution is 2.26. The summed E-state index contributed by atoms with van der Waals surface area (Å²) in [4.78, 5) is 0. The Morgan fingerprint density at radius 1 is 1.33 bits per heavy atom. The van der Waals surface area contributed by atoms with Gasteiger partial charge in [-0.25, -0.2) is 8.78 Å². The number of nitrogens with one attached hydrogen (secondary N) is 1. The minimum atomic E-state index is -0.689. The topological polar surface area (TPSA) is 32.3 Å². The van der Waals surface area contributed by atoms with Crippen molar-refractivity contribution in [1.82, 2.24) is 5.32 Å². The van der Waals surface area contributed by atoms with E-state index in [1.54, 1.807) is 0 Å². The van der Waals surface area contributed by atoms with Crippen LogP contribution in [0.25, 0.3) is 0 Å². The van der Waals surface area contributed by atoms with E-state index in [4.69, 9.17) is 0 Å². The molecule has 18 heavy (non-hydrogen) atoms. The van der Waals surface area contributed by atoms with E-state index in [9.17, 15) is 13.9 Å². The number of hydrogen-bond donors (Lipinski definition) is 2. The molecule has 0 saturated carbocycles. The Kier molecular flexibility index (Phi) is 4.70. The van der Waals surface area contributed by atoms with Gasteiger partial charge >= 0.3 is 0 Å². The number of rotatable bonds is 3. The van der Waals surface area contributed by atoms with Crippen LogP contribution in [0, 0.1) is 17.6 Å². The van der Waals surface area contributed by atoms with Gasteiger partial charge in [0, 0.05) is 12.0 Å². The molecule has 0 amide bonds. The third-order valence-electron chi connectivity index (χ3n) is 3.48. The van der Waals surface area contributed by atoms with E-state index < -0.39 is 17.7 Å². The minimum Gasteiger partial charge on any atom is -0.392 e. The van der Waals surface area contributed by atoms with Crippen LogP contribution in [0.1, 0.15) is 18.4 Å². The van der Waals surface area contributed by atoms with Crippen molar-refractivity contribution in [2.24, 2.45) is 5.92 Å². The zero-order valence-corrected chi connectivity index (χ0v) is 11.5. The largest absolute Gasteiger partial charge is 0.392 e. The Morgan fingerprint density at radius 3 is 2.67 bits per heavy atom. The van der Waals surface area contributed by atoms with Crippen LogP contribution in [-0.4, -0.2) is 24.3 Å².